The van der Waals surface area contributed by atoms with E-state index in [4.69, 9.17) is 0 Å². The summed E-state index contributed by atoms with van der Waals surface area (Å²) >= 11 is 2.28. The lowest BCUT2D eigenvalue weighted by Gasteiger charge is -2.11. The Bertz CT molecular complexity index is 523. The first-order valence-corrected chi connectivity index (χ1v) is 6.79. The van der Waals surface area contributed by atoms with Crippen molar-refractivity contribution in [2.45, 2.75) is 20.3 Å². The molecule has 2 heterocycles. The van der Waals surface area contributed by atoms with Gasteiger partial charge in [-0.2, -0.15) is 5.10 Å². The third kappa shape index (κ3) is 2.77. The van der Waals surface area contributed by atoms with E-state index in [-0.39, 0.29) is 0 Å². The van der Waals surface area contributed by atoms with Gasteiger partial charge in [-0.25, -0.2) is 15.0 Å². The largest absolute Gasteiger partial charge is 0.372 e. The minimum absolute atomic E-state index is 0.542. The van der Waals surface area contributed by atoms with Gasteiger partial charge in [0.1, 0.15) is 12.1 Å². The molecule has 0 saturated carbocycles. The molecule has 0 aliphatic carbocycles. The molecule has 18 heavy (non-hydrogen) atoms. The van der Waals surface area contributed by atoms with Crippen LogP contribution in [0.5, 0.6) is 0 Å². The standard InChI is InChI=1S/C11H15IN6/c1-6(2)4-7-8(12)9(13-3)17-11(16-7)10-14-5-15-18-10/h5-6H,4H2,1-3H3,(H,13,16,17)(H,14,15,18). The molecule has 0 radical (unpaired) electrons. The van der Waals surface area contributed by atoms with E-state index in [1.54, 1.807) is 0 Å². The van der Waals surface area contributed by atoms with Crippen molar-refractivity contribution in [1.29, 1.82) is 0 Å². The van der Waals surface area contributed by atoms with E-state index >= 15 is 0 Å². The maximum absolute atomic E-state index is 4.57. The molecule has 6 nitrogen and oxygen atoms in total. The summed E-state index contributed by atoms with van der Waals surface area (Å²) in [6, 6.07) is 0. The highest BCUT2D eigenvalue weighted by molar-refractivity contribution is 14.1. The molecule has 0 aliphatic rings. The van der Waals surface area contributed by atoms with Crippen LogP contribution in [0.25, 0.3) is 11.6 Å². The Morgan fingerprint density at radius 3 is 2.72 bits per heavy atom. The summed E-state index contributed by atoms with van der Waals surface area (Å²) in [4.78, 5) is 13.1. The van der Waals surface area contributed by atoms with Crippen LogP contribution >= 0.6 is 22.6 Å². The van der Waals surface area contributed by atoms with Gasteiger partial charge in [-0.15, -0.1) is 0 Å². The van der Waals surface area contributed by atoms with Crippen LogP contribution in [-0.2, 0) is 6.42 Å². The highest BCUT2D eigenvalue weighted by Gasteiger charge is 2.14. The fraction of sp³-hybridized carbons (Fsp3) is 0.455. The van der Waals surface area contributed by atoms with Crippen LogP contribution in [0.15, 0.2) is 6.33 Å². The SMILES string of the molecule is CNc1nc(-c2ncn[nH]2)nc(CC(C)C)c1I. The topological polar surface area (TPSA) is 79.4 Å². The first kappa shape index (κ1) is 13.2. The summed E-state index contributed by atoms with van der Waals surface area (Å²) in [5.74, 6) is 2.54. The summed E-state index contributed by atoms with van der Waals surface area (Å²) < 4.78 is 1.06. The minimum atomic E-state index is 0.542. The Labute approximate surface area is 119 Å². The first-order valence-electron chi connectivity index (χ1n) is 5.71. The number of halogens is 1. The molecular weight excluding hydrogens is 343 g/mol. The molecule has 0 aromatic carbocycles. The van der Waals surface area contributed by atoms with Gasteiger partial charge in [-0.05, 0) is 34.9 Å². The summed E-state index contributed by atoms with van der Waals surface area (Å²) in [6.07, 6.45) is 2.37. The fourth-order valence-electron chi connectivity index (χ4n) is 1.60. The van der Waals surface area contributed by atoms with Gasteiger partial charge in [-0.1, -0.05) is 13.8 Å². The Hall–Kier alpha value is -1.25. The highest BCUT2D eigenvalue weighted by atomic mass is 127. The minimum Gasteiger partial charge on any atom is -0.372 e. The van der Waals surface area contributed by atoms with Crippen LogP contribution in [-0.4, -0.2) is 32.2 Å². The zero-order valence-corrected chi connectivity index (χ0v) is 12.7. The lowest BCUT2D eigenvalue weighted by molar-refractivity contribution is 0.632. The molecular formula is C11H15IN6. The number of nitrogens with one attached hydrogen (secondary N) is 2. The summed E-state index contributed by atoms with van der Waals surface area (Å²) in [5.41, 5.74) is 1.04. The quantitative estimate of drug-likeness (QED) is 0.819. The highest BCUT2D eigenvalue weighted by Crippen LogP contribution is 2.23. The molecule has 0 unspecified atom stereocenters. The number of rotatable bonds is 4. The first-order chi connectivity index (χ1) is 8.61. The van der Waals surface area contributed by atoms with E-state index in [0.29, 0.717) is 17.6 Å². The number of anilines is 1. The Kier molecular flexibility index (Phi) is 4.10. The van der Waals surface area contributed by atoms with Crippen LogP contribution in [0.3, 0.4) is 0 Å². The Morgan fingerprint density at radius 2 is 2.17 bits per heavy atom. The third-order valence-electron chi connectivity index (χ3n) is 2.39. The number of nitrogens with zero attached hydrogens (tertiary/aromatic N) is 4. The predicted molar refractivity (Wildman–Crippen MR) is 78.2 cm³/mol. The molecule has 2 aromatic rings. The van der Waals surface area contributed by atoms with Crippen molar-refractivity contribution in [3.05, 3.63) is 15.6 Å². The lowest BCUT2D eigenvalue weighted by atomic mass is 10.1. The maximum Gasteiger partial charge on any atom is 0.199 e. The van der Waals surface area contributed by atoms with E-state index in [1.165, 1.54) is 6.33 Å². The van der Waals surface area contributed by atoms with Crippen molar-refractivity contribution in [2.75, 3.05) is 12.4 Å². The molecule has 2 rings (SSSR count). The molecule has 0 spiro atoms. The van der Waals surface area contributed by atoms with Crippen LogP contribution in [0.1, 0.15) is 19.5 Å². The van der Waals surface area contributed by atoms with Crippen molar-refractivity contribution in [1.82, 2.24) is 25.1 Å². The second kappa shape index (κ2) is 5.59. The van der Waals surface area contributed by atoms with Crippen LogP contribution in [0.2, 0.25) is 0 Å². The fourth-order valence-corrected chi connectivity index (χ4v) is 2.33. The summed E-state index contributed by atoms with van der Waals surface area (Å²) in [5, 5.41) is 9.71. The van der Waals surface area contributed by atoms with Gasteiger partial charge in [0.15, 0.2) is 11.6 Å². The average Bonchev–Trinajstić information content (AvgIpc) is 2.84. The van der Waals surface area contributed by atoms with Crippen molar-refractivity contribution in [2.24, 2.45) is 5.92 Å². The molecule has 0 atom stereocenters. The van der Waals surface area contributed by atoms with Gasteiger partial charge >= 0.3 is 0 Å². The lowest BCUT2D eigenvalue weighted by Crippen LogP contribution is -2.08. The molecule has 7 heteroatoms. The van der Waals surface area contributed by atoms with Gasteiger partial charge in [0.05, 0.1) is 9.26 Å². The van der Waals surface area contributed by atoms with Crippen molar-refractivity contribution in [3.8, 4) is 11.6 Å². The molecule has 2 aromatic heterocycles. The number of aromatic amines is 1. The normalized spacial score (nSPS) is 10.9. The Balaban J connectivity index is 2.49. The van der Waals surface area contributed by atoms with Crippen molar-refractivity contribution >= 4 is 28.4 Å². The zero-order valence-electron chi connectivity index (χ0n) is 10.5. The zero-order chi connectivity index (χ0) is 13.1. The number of aromatic nitrogens is 5. The number of hydrogen-bond acceptors (Lipinski definition) is 5. The van der Waals surface area contributed by atoms with Crippen LogP contribution in [0.4, 0.5) is 5.82 Å². The van der Waals surface area contributed by atoms with Crippen molar-refractivity contribution in [3.63, 3.8) is 0 Å². The van der Waals surface area contributed by atoms with Gasteiger partial charge in [0.25, 0.3) is 0 Å². The predicted octanol–water partition coefficient (Wildman–Crippen LogP) is 2.11. The van der Waals surface area contributed by atoms with Crippen LogP contribution in [0, 0.1) is 9.49 Å². The van der Waals surface area contributed by atoms with E-state index < -0.39 is 0 Å². The van der Waals surface area contributed by atoms with Crippen LogP contribution < -0.4 is 5.32 Å². The van der Waals surface area contributed by atoms with Gasteiger partial charge in [0, 0.05) is 7.05 Å². The molecule has 0 aliphatic heterocycles. The Morgan fingerprint density at radius 1 is 1.39 bits per heavy atom. The third-order valence-corrected chi connectivity index (χ3v) is 3.52. The second-order valence-corrected chi connectivity index (χ2v) is 5.42. The summed E-state index contributed by atoms with van der Waals surface area (Å²) in [6.45, 7) is 4.34. The maximum atomic E-state index is 4.57. The number of hydrogen-bond donors (Lipinski definition) is 2. The summed E-state index contributed by atoms with van der Waals surface area (Å²) in [7, 11) is 1.85. The van der Waals surface area contributed by atoms with Crippen molar-refractivity contribution < 1.29 is 0 Å². The number of H-pyrrole nitrogens is 1. The van der Waals surface area contributed by atoms with E-state index in [0.717, 1.165) is 21.5 Å². The molecule has 0 saturated heterocycles. The van der Waals surface area contributed by atoms with Gasteiger partial charge in [0.2, 0.25) is 0 Å². The van der Waals surface area contributed by atoms with Gasteiger partial charge in [-0.3, -0.25) is 5.10 Å². The monoisotopic (exact) mass is 358 g/mol. The van der Waals surface area contributed by atoms with Gasteiger partial charge < -0.3 is 5.32 Å². The average molecular weight is 358 g/mol. The molecule has 0 bridgehead atoms. The molecule has 0 amide bonds. The molecule has 2 N–H and O–H groups in total. The molecule has 96 valence electrons. The van der Waals surface area contributed by atoms with E-state index in [2.05, 4.69) is 66.9 Å². The van der Waals surface area contributed by atoms with E-state index in [1.807, 2.05) is 7.05 Å². The smallest absolute Gasteiger partial charge is 0.199 e. The van der Waals surface area contributed by atoms with E-state index in [9.17, 15) is 0 Å². The second-order valence-electron chi connectivity index (χ2n) is 4.34. The molecule has 0 fully saturated rings.